The summed E-state index contributed by atoms with van der Waals surface area (Å²) in [4.78, 5) is 26.1. The molecule has 3 aromatic rings. The number of benzene rings is 1. The Morgan fingerprint density at radius 2 is 2.16 bits per heavy atom. The molecular formula is C17H19N5O3. The molecule has 3 N–H and O–H groups in total. The Labute approximate surface area is 143 Å². The van der Waals surface area contributed by atoms with Gasteiger partial charge in [0.15, 0.2) is 0 Å². The molecule has 0 saturated carbocycles. The van der Waals surface area contributed by atoms with Crippen LogP contribution < -0.4 is 5.32 Å². The zero-order valence-electron chi connectivity index (χ0n) is 13.8. The minimum atomic E-state index is -0.994. The van der Waals surface area contributed by atoms with Gasteiger partial charge in [-0.1, -0.05) is 30.3 Å². The largest absolute Gasteiger partial charge is 0.480 e. The van der Waals surface area contributed by atoms with Crippen molar-refractivity contribution in [3.63, 3.8) is 0 Å². The minimum absolute atomic E-state index is 0.129. The second kappa shape index (κ2) is 7.16. The monoisotopic (exact) mass is 341 g/mol. The molecule has 0 fully saturated rings. The molecule has 25 heavy (non-hydrogen) atoms. The lowest BCUT2D eigenvalue weighted by Gasteiger charge is -2.03. The number of para-hydroxylation sites is 1. The molecule has 0 bridgehead atoms. The molecule has 1 amide bonds. The predicted molar refractivity (Wildman–Crippen MR) is 90.9 cm³/mol. The van der Waals surface area contributed by atoms with Crippen molar-refractivity contribution in [1.82, 2.24) is 25.3 Å². The molecule has 0 aliphatic rings. The van der Waals surface area contributed by atoms with E-state index in [2.05, 4.69) is 33.6 Å². The first-order valence-corrected chi connectivity index (χ1v) is 8.02. The summed E-state index contributed by atoms with van der Waals surface area (Å²) in [5.41, 5.74) is 3.75. The number of aromatic nitrogens is 4. The number of carboxylic acids is 1. The van der Waals surface area contributed by atoms with Crippen molar-refractivity contribution in [2.75, 3.05) is 0 Å². The number of hydrogen-bond donors (Lipinski definition) is 3. The lowest BCUT2D eigenvalue weighted by Crippen LogP contribution is -2.24. The summed E-state index contributed by atoms with van der Waals surface area (Å²) in [6, 6.07) is 6.07. The van der Waals surface area contributed by atoms with Gasteiger partial charge in [0, 0.05) is 17.1 Å². The minimum Gasteiger partial charge on any atom is -0.480 e. The van der Waals surface area contributed by atoms with E-state index in [4.69, 9.17) is 5.11 Å². The van der Waals surface area contributed by atoms with Gasteiger partial charge in [-0.2, -0.15) is 0 Å². The molecule has 0 unspecified atom stereocenters. The maximum atomic E-state index is 12.2. The second-order valence-electron chi connectivity index (χ2n) is 5.76. The summed E-state index contributed by atoms with van der Waals surface area (Å²) in [5.74, 6) is -1.12. The smallest absolute Gasteiger partial charge is 0.325 e. The Hall–Kier alpha value is -3.16. The quantitative estimate of drug-likeness (QED) is 0.599. The Balaban J connectivity index is 1.61. The van der Waals surface area contributed by atoms with Gasteiger partial charge in [0.25, 0.3) is 0 Å². The van der Waals surface area contributed by atoms with E-state index in [9.17, 15) is 9.59 Å². The number of hydrogen-bond acceptors (Lipinski definition) is 4. The van der Waals surface area contributed by atoms with Gasteiger partial charge in [0.05, 0.1) is 19.2 Å². The van der Waals surface area contributed by atoms with Gasteiger partial charge < -0.3 is 15.4 Å². The molecule has 8 nitrogen and oxygen atoms in total. The van der Waals surface area contributed by atoms with Crippen molar-refractivity contribution >= 4 is 22.8 Å². The molecule has 2 heterocycles. The van der Waals surface area contributed by atoms with Crippen LogP contribution in [0.25, 0.3) is 10.9 Å². The molecule has 3 rings (SSSR count). The molecule has 1 aromatic carbocycles. The average molecular weight is 341 g/mol. The van der Waals surface area contributed by atoms with Crippen molar-refractivity contribution in [2.45, 2.75) is 32.9 Å². The van der Waals surface area contributed by atoms with E-state index in [-0.39, 0.29) is 25.4 Å². The van der Waals surface area contributed by atoms with Crippen LogP contribution in [0.2, 0.25) is 0 Å². The van der Waals surface area contributed by atoms with Gasteiger partial charge in [-0.3, -0.25) is 9.59 Å². The van der Waals surface area contributed by atoms with E-state index < -0.39 is 5.97 Å². The summed E-state index contributed by atoms with van der Waals surface area (Å²) in [6.07, 6.45) is 4.56. The number of H-pyrrole nitrogens is 1. The first-order valence-electron chi connectivity index (χ1n) is 8.02. The number of fused-ring (bicyclic) bond motifs is 1. The first kappa shape index (κ1) is 16.7. The lowest BCUT2D eigenvalue weighted by molar-refractivity contribution is -0.138. The van der Waals surface area contributed by atoms with Crippen molar-refractivity contribution in [3.05, 3.63) is 47.4 Å². The lowest BCUT2D eigenvalue weighted by atomic mass is 10.1. The van der Waals surface area contributed by atoms with Gasteiger partial charge in [-0.05, 0) is 17.5 Å². The fourth-order valence-corrected chi connectivity index (χ4v) is 2.78. The highest BCUT2D eigenvalue weighted by Gasteiger charge is 2.11. The van der Waals surface area contributed by atoms with Crippen LogP contribution in [0.1, 0.15) is 23.7 Å². The molecule has 0 aliphatic carbocycles. The third-order valence-corrected chi connectivity index (χ3v) is 3.97. The molecule has 0 atom stereocenters. The van der Waals surface area contributed by atoms with Crippen LogP contribution in [0.5, 0.6) is 0 Å². The number of aliphatic carboxylic acids is 1. The highest BCUT2D eigenvalue weighted by Crippen LogP contribution is 2.22. The maximum absolute atomic E-state index is 12.2. The highest BCUT2D eigenvalue weighted by atomic mass is 16.4. The van der Waals surface area contributed by atoms with Crippen LogP contribution in [0.4, 0.5) is 0 Å². The fraction of sp³-hybridized carbons (Fsp3) is 0.294. The maximum Gasteiger partial charge on any atom is 0.325 e. The number of carboxylic acid groups (broad SMARTS) is 1. The number of carbonyl (C=O) groups excluding carboxylic acids is 1. The number of aryl methyl sites for hydroxylation is 1. The Morgan fingerprint density at radius 1 is 1.32 bits per heavy atom. The Morgan fingerprint density at radius 3 is 2.92 bits per heavy atom. The van der Waals surface area contributed by atoms with Crippen molar-refractivity contribution in [2.24, 2.45) is 0 Å². The number of amides is 1. The molecule has 2 aromatic heterocycles. The van der Waals surface area contributed by atoms with Crippen LogP contribution in [-0.4, -0.2) is 37.0 Å². The standard InChI is InChI=1S/C17H19N5O3/c1-2-11-4-3-5-14-12(7-19-17(11)14)6-15(23)18-8-13-9-22(21-20-13)10-16(24)25/h3-5,7,9,19H,2,6,8,10H2,1H3,(H,18,23)(H,24,25). The van der Waals surface area contributed by atoms with Crippen LogP contribution in [-0.2, 0) is 35.5 Å². The molecule has 130 valence electrons. The van der Waals surface area contributed by atoms with Crippen molar-refractivity contribution in [1.29, 1.82) is 0 Å². The Kier molecular flexibility index (Phi) is 4.78. The summed E-state index contributed by atoms with van der Waals surface area (Å²) in [5, 5.41) is 20.1. The Bertz CT molecular complexity index is 912. The van der Waals surface area contributed by atoms with Crippen LogP contribution in [0, 0.1) is 0 Å². The number of rotatable bonds is 7. The molecule has 0 spiro atoms. The number of aromatic amines is 1. The molecule has 0 radical (unpaired) electrons. The summed E-state index contributed by atoms with van der Waals surface area (Å²) < 4.78 is 1.22. The van der Waals surface area contributed by atoms with Crippen LogP contribution in [0.3, 0.4) is 0 Å². The highest BCUT2D eigenvalue weighted by molar-refractivity contribution is 5.90. The predicted octanol–water partition coefficient (Wildman–Crippen LogP) is 1.27. The molecule has 0 aliphatic heterocycles. The van der Waals surface area contributed by atoms with E-state index >= 15 is 0 Å². The topological polar surface area (TPSA) is 113 Å². The zero-order chi connectivity index (χ0) is 17.8. The van der Waals surface area contributed by atoms with Gasteiger partial charge in [0.2, 0.25) is 5.91 Å². The SMILES string of the molecule is CCc1cccc2c(CC(=O)NCc3cn(CC(=O)O)nn3)c[nH]c12. The molecular weight excluding hydrogens is 322 g/mol. The van der Waals surface area contributed by atoms with Gasteiger partial charge in [0.1, 0.15) is 12.2 Å². The van der Waals surface area contributed by atoms with Crippen LogP contribution in [0.15, 0.2) is 30.6 Å². The van der Waals surface area contributed by atoms with Gasteiger partial charge >= 0.3 is 5.97 Å². The average Bonchev–Trinajstić information content (AvgIpc) is 3.19. The summed E-state index contributed by atoms with van der Waals surface area (Å²) in [6.45, 7) is 2.05. The molecule has 8 heteroatoms. The zero-order valence-corrected chi connectivity index (χ0v) is 13.8. The first-order chi connectivity index (χ1) is 12.1. The van der Waals surface area contributed by atoms with Crippen molar-refractivity contribution < 1.29 is 14.7 Å². The third kappa shape index (κ3) is 3.85. The normalized spacial score (nSPS) is 10.9. The second-order valence-corrected chi connectivity index (χ2v) is 5.76. The number of nitrogens with one attached hydrogen (secondary N) is 2. The van der Waals surface area contributed by atoms with E-state index in [0.717, 1.165) is 22.9 Å². The summed E-state index contributed by atoms with van der Waals surface area (Å²) in [7, 11) is 0. The van der Waals surface area contributed by atoms with E-state index in [1.807, 2.05) is 18.3 Å². The fourth-order valence-electron chi connectivity index (χ4n) is 2.78. The van der Waals surface area contributed by atoms with E-state index in [0.29, 0.717) is 5.69 Å². The van der Waals surface area contributed by atoms with Crippen molar-refractivity contribution in [3.8, 4) is 0 Å². The number of carbonyl (C=O) groups is 2. The van der Waals surface area contributed by atoms with Gasteiger partial charge in [-0.15, -0.1) is 5.10 Å². The van der Waals surface area contributed by atoms with Gasteiger partial charge in [-0.25, -0.2) is 4.68 Å². The van der Waals surface area contributed by atoms with Crippen LogP contribution >= 0.6 is 0 Å². The van der Waals surface area contributed by atoms with E-state index in [1.54, 1.807) is 0 Å². The number of nitrogens with zero attached hydrogens (tertiary/aromatic N) is 3. The summed E-state index contributed by atoms with van der Waals surface area (Å²) >= 11 is 0. The van der Waals surface area contributed by atoms with E-state index in [1.165, 1.54) is 16.4 Å². The third-order valence-electron chi connectivity index (χ3n) is 3.97. The molecule has 0 saturated heterocycles.